The summed E-state index contributed by atoms with van der Waals surface area (Å²) in [4.78, 5) is 0. The molecule has 0 saturated heterocycles. The summed E-state index contributed by atoms with van der Waals surface area (Å²) in [6.07, 6.45) is 1.88. The summed E-state index contributed by atoms with van der Waals surface area (Å²) in [6.45, 7) is 0. The standard InChI is InChI=1S/C26H24N2O/c27-22-13-15-24(16-14-22)29-25-17-18-26(28-23-9-5-2-6-10-23)21(19-25)12-11-20-7-3-1-4-8-20/h1-10,13-19,28H,11-12,27H2. The number of anilines is 3. The summed E-state index contributed by atoms with van der Waals surface area (Å²) in [6, 6.07) is 34.4. The second kappa shape index (κ2) is 8.98. The first-order valence-corrected chi connectivity index (χ1v) is 9.78. The molecule has 0 heterocycles. The number of ether oxygens (including phenoxy) is 1. The Kier molecular flexibility index (Phi) is 5.77. The van der Waals surface area contributed by atoms with Gasteiger partial charge in [-0.25, -0.2) is 0 Å². The molecule has 0 spiro atoms. The fourth-order valence-corrected chi connectivity index (χ4v) is 3.23. The van der Waals surface area contributed by atoms with Gasteiger partial charge in [0.2, 0.25) is 0 Å². The van der Waals surface area contributed by atoms with Crippen LogP contribution in [0.1, 0.15) is 11.1 Å². The van der Waals surface area contributed by atoms with Gasteiger partial charge in [-0.1, -0.05) is 48.5 Å². The molecule has 3 heteroatoms. The normalized spacial score (nSPS) is 10.5. The second-order valence-electron chi connectivity index (χ2n) is 6.97. The SMILES string of the molecule is Nc1ccc(Oc2ccc(Nc3ccccc3)c(CCc3ccccc3)c2)cc1. The Bertz CT molecular complexity index is 1050. The fraction of sp³-hybridized carbons (Fsp3) is 0.0769. The maximum atomic E-state index is 6.05. The van der Waals surface area contributed by atoms with Gasteiger partial charge in [0.05, 0.1) is 0 Å². The Morgan fingerprint density at radius 3 is 2.03 bits per heavy atom. The number of nitrogens with two attached hydrogens (primary N) is 1. The fourth-order valence-electron chi connectivity index (χ4n) is 3.23. The van der Waals surface area contributed by atoms with E-state index in [1.54, 1.807) is 0 Å². The van der Waals surface area contributed by atoms with E-state index in [0.717, 1.165) is 41.4 Å². The Hall–Kier alpha value is -3.72. The summed E-state index contributed by atoms with van der Waals surface area (Å²) >= 11 is 0. The largest absolute Gasteiger partial charge is 0.457 e. The Morgan fingerprint density at radius 2 is 1.31 bits per heavy atom. The van der Waals surface area contributed by atoms with Crippen molar-refractivity contribution >= 4 is 17.1 Å². The number of para-hydroxylation sites is 1. The van der Waals surface area contributed by atoms with E-state index in [4.69, 9.17) is 10.5 Å². The molecule has 0 aliphatic carbocycles. The van der Waals surface area contributed by atoms with E-state index < -0.39 is 0 Å². The van der Waals surface area contributed by atoms with Crippen molar-refractivity contribution in [1.82, 2.24) is 0 Å². The highest BCUT2D eigenvalue weighted by atomic mass is 16.5. The van der Waals surface area contributed by atoms with Crippen LogP contribution >= 0.6 is 0 Å². The lowest BCUT2D eigenvalue weighted by atomic mass is 10.0. The van der Waals surface area contributed by atoms with E-state index >= 15 is 0 Å². The minimum atomic E-state index is 0.725. The average molecular weight is 380 g/mol. The van der Waals surface area contributed by atoms with Crippen molar-refractivity contribution in [2.45, 2.75) is 12.8 Å². The molecule has 144 valence electrons. The number of aryl methyl sites for hydroxylation is 2. The van der Waals surface area contributed by atoms with Gasteiger partial charge in [-0.3, -0.25) is 0 Å². The molecule has 0 bridgehead atoms. The maximum absolute atomic E-state index is 6.05. The van der Waals surface area contributed by atoms with Crippen molar-refractivity contribution in [2.24, 2.45) is 0 Å². The molecule has 4 aromatic rings. The van der Waals surface area contributed by atoms with Crippen LogP contribution in [0, 0.1) is 0 Å². The number of rotatable bonds is 7. The third kappa shape index (κ3) is 5.17. The van der Waals surface area contributed by atoms with E-state index in [0.29, 0.717) is 0 Å². The first kappa shape index (κ1) is 18.6. The molecule has 29 heavy (non-hydrogen) atoms. The monoisotopic (exact) mass is 380 g/mol. The number of nitrogen functional groups attached to an aromatic ring is 1. The van der Waals surface area contributed by atoms with Crippen molar-refractivity contribution < 1.29 is 4.74 Å². The van der Waals surface area contributed by atoms with Gasteiger partial charge in [0.1, 0.15) is 11.5 Å². The molecule has 4 rings (SSSR count). The number of hydrogen-bond acceptors (Lipinski definition) is 3. The zero-order valence-corrected chi connectivity index (χ0v) is 16.2. The van der Waals surface area contributed by atoms with Gasteiger partial charge in [0, 0.05) is 17.1 Å². The molecule has 4 aromatic carbocycles. The van der Waals surface area contributed by atoms with Crippen LogP contribution in [-0.4, -0.2) is 0 Å². The molecule has 3 nitrogen and oxygen atoms in total. The Labute approximate surface area is 171 Å². The van der Waals surface area contributed by atoms with E-state index in [2.05, 4.69) is 53.8 Å². The van der Waals surface area contributed by atoms with Gasteiger partial charge < -0.3 is 15.8 Å². The predicted molar refractivity (Wildman–Crippen MR) is 121 cm³/mol. The van der Waals surface area contributed by atoms with Gasteiger partial charge >= 0.3 is 0 Å². The lowest BCUT2D eigenvalue weighted by Gasteiger charge is -2.15. The summed E-state index contributed by atoms with van der Waals surface area (Å²) in [7, 11) is 0. The zero-order chi connectivity index (χ0) is 19.9. The highest BCUT2D eigenvalue weighted by Crippen LogP contribution is 2.29. The van der Waals surface area contributed by atoms with Crippen molar-refractivity contribution in [3.8, 4) is 11.5 Å². The van der Waals surface area contributed by atoms with Crippen LogP contribution in [0.2, 0.25) is 0 Å². The topological polar surface area (TPSA) is 47.3 Å². The van der Waals surface area contributed by atoms with Gasteiger partial charge in [-0.15, -0.1) is 0 Å². The minimum absolute atomic E-state index is 0.725. The predicted octanol–water partition coefficient (Wildman–Crippen LogP) is 6.59. The Morgan fingerprint density at radius 1 is 0.655 bits per heavy atom. The second-order valence-corrected chi connectivity index (χ2v) is 6.97. The van der Waals surface area contributed by atoms with E-state index in [9.17, 15) is 0 Å². The quantitative estimate of drug-likeness (QED) is 0.356. The van der Waals surface area contributed by atoms with Crippen LogP contribution in [0.15, 0.2) is 103 Å². The summed E-state index contributed by atoms with van der Waals surface area (Å²) in [5, 5.41) is 3.54. The maximum Gasteiger partial charge on any atom is 0.127 e. The smallest absolute Gasteiger partial charge is 0.127 e. The summed E-state index contributed by atoms with van der Waals surface area (Å²) in [5.74, 6) is 1.59. The van der Waals surface area contributed by atoms with Crippen LogP contribution in [0.5, 0.6) is 11.5 Å². The molecule has 0 radical (unpaired) electrons. The Balaban J connectivity index is 1.58. The van der Waals surface area contributed by atoms with Gasteiger partial charge in [0.25, 0.3) is 0 Å². The van der Waals surface area contributed by atoms with Crippen LogP contribution < -0.4 is 15.8 Å². The number of hydrogen-bond donors (Lipinski definition) is 2. The van der Waals surface area contributed by atoms with Crippen LogP contribution in [0.25, 0.3) is 0 Å². The lowest BCUT2D eigenvalue weighted by Crippen LogP contribution is -1.99. The average Bonchev–Trinajstić information content (AvgIpc) is 2.77. The third-order valence-corrected chi connectivity index (χ3v) is 4.77. The molecule has 0 unspecified atom stereocenters. The molecule has 0 aromatic heterocycles. The van der Waals surface area contributed by atoms with E-state index in [1.807, 2.05) is 54.6 Å². The number of nitrogens with one attached hydrogen (secondary N) is 1. The van der Waals surface area contributed by atoms with Crippen LogP contribution in [-0.2, 0) is 12.8 Å². The highest BCUT2D eigenvalue weighted by Gasteiger charge is 2.07. The van der Waals surface area contributed by atoms with Gasteiger partial charge in [0.15, 0.2) is 0 Å². The van der Waals surface area contributed by atoms with Crippen LogP contribution in [0.3, 0.4) is 0 Å². The van der Waals surface area contributed by atoms with Crippen LogP contribution in [0.4, 0.5) is 17.1 Å². The lowest BCUT2D eigenvalue weighted by molar-refractivity contribution is 0.482. The van der Waals surface area contributed by atoms with E-state index in [1.165, 1.54) is 11.1 Å². The highest BCUT2D eigenvalue weighted by molar-refractivity contribution is 5.64. The van der Waals surface area contributed by atoms with Crippen molar-refractivity contribution in [3.63, 3.8) is 0 Å². The van der Waals surface area contributed by atoms with Crippen molar-refractivity contribution in [2.75, 3.05) is 11.1 Å². The molecular weight excluding hydrogens is 356 g/mol. The van der Waals surface area contributed by atoms with Gasteiger partial charge in [-0.2, -0.15) is 0 Å². The first-order chi connectivity index (χ1) is 14.3. The van der Waals surface area contributed by atoms with Crippen molar-refractivity contribution in [1.29, 1.82) is 0 Å². The minimum Gasteiger partial charge on any atom is -0.457 e. The van der Waals surface area contributed by atoms with Crippen molar-refractivity contribution in [3.05, 3.63) is 114 Å². The molecule has 0 fully saturated rings. The first-order valence-electron chi connectivity index (χ1n) is 9.78. The molecule has 0 amide bonds. The molecule has 3 N–H and O–H groups in total. The van der Waals surface area contributed by atoms with E-state index in [-0.39, 0.29) is 0 Å². The van der Waals surface area contributed by atoms with Gasteiger partial charge in [-0.05, 0) is 78.6 Å². The molecule has 0 saturated carbocycles. The number of benzene rings is 4. The molecular formula is C26H24N2O. The molecule has 0 aliphatic heterocycles. The molecule has 0 atom stereocenters. The molecule has 0 aliphatic rings. The summed E-state index contributed by atoms with van der Waals surface area (Å²) < 4.78 is 6.05. The zero-order valence-electron chi connectivity index (χ0n) is 16.2. The third-order valence-electron chi connectivity index (χ3n) is 4.77. The summed E-state index contributed by atoms with van der Waals surface area (Å²) in [5.41, 5.74) is 11.2.